The van der Waals surface area contributed by atoms with Crippen LogP contribution in [0.1, 0.15) is 33.1 Å². The van der Waals surface area contributed by atoms with Gasteiger partial charge in [-0.05, 0) is 24.7 Å². The molecule has 0 radical (unpaired) electrons. The van der Waals surface area contributed by atoms with E-state index in [0.29, 0.717) is 13.1 Å². The molecule has 1 aliphatic heterocycles. The number of carbonyl (C=O) groups is 2. The van der Waals surface area contributed by atoms with E-state index >= 15 is 0 Å². The summed E-state index contributed by atoms with van der Waals surface area (Å²) in [5.41, 5.74) is 0.0149. The minimum Gasteiger partial charge on any atom is -0.480 e. The maximum absolute atomic E-state index is 12.1. The lowest BCUT2D eigenvalue weighted by molar-refractivity contribution is -0.139. The Labute approximate surface area is 125 Å². The summed E-state index contributed by atoms with van der Waals surface area (Å²) in [5, 5.41) is 11.5. The van der Waals surface area contributed by atoms with Crippen molar-refractivity contribution < 1.29 is 23.1 Å². The van der Waals surface area contributed by atoms with E-state index in [-0.39, 0.29) is 17.6 Å². The quantitative estimate of drug-likeness (QED) is 0.776. The Hall–Kier alpha value is -1.31. The van der Waals surface area contributed by atoms with Gasteiger partial charge in [-0.1, -0.05) is 13.8 Å². The summed E-state index contributed by atoms with van der Waals surface area (Å²) in [5.74, 6) is -1.49. The van der Waals surface area contributed by atoms with Gasteiger partial charge in [0.2, 0.25) is 0 Å². The highest BCUT2D eigenvalue weighted by Crippen LogP contribution is 2.28. The molecule has 1 heterocycles. The molecule has 1 rings (SSSR count). The predicted molar refractivity (Wildman–Crippen MR) is 78.9 cm³/mol. The van der Waals surface area contributed by atoms with E-state index < -0.39 is 27.9 Å². The lowest BCUT2D eigenvalue weighted by atomic mass is 9.84. The van der Waals surface area contributed by atoms with Crippen LogP contribution in [0.5, 0.6) is 0 Å². The maximum atomic E-state index is 12.1. The summed E-state index contributed by atoms with van der Waals surface area (Å²) in [7, 11) is -3.26. The first-order valence-corrected chi connectivity index (χ1v) is 9.02. The zero-order valence-corrected chi connectivity index (χ0v) is 13.6. The second-order valence-electron chi connectivity index (χ2n) is 6.45. The molecule has 1 atom stereocenters. The zero-order valence-electron chi connectivity index (χ0n) is 12.8. The van der Waals surface area contributed by atoms with Gasteiger partial charge in [-0.15, -0.1) is 0 Å². The number of nitrogens with one attached hydrogen (secondary N) is 1. The lowest BCUT2D eigenvalue weighted by Crippen LogP contribution is -2.52. The third kappa shape index (κ3) is 6.33. The van der Waals surface area contributed by atoms with Gasteiger partial charge < -0.3 is 15.3 Å². The van der Waals surface area contributed by atoms with Crippen molar-refractivity contribution in [1.82, 2.24) is 10.2 Å². The Bertz CT molecular complexity index is 501. The molecule has 0 aliphatic carbocycles. The second-order valence-corrected chi connectivity index (χ2v) is 8.71. The van der Waals surface area contributed by atoms with E-state index in [0.717, 1.165) is 19.1 Å². The number of urea groups is 1. The van der Waals surface area contributed by atoms with Crippen LogP contribution in [-0.2, 0) is 14.6 Å². The van der Waals surface area contributed by atoms with E-state index in [1.807, 2.05) is 0 Å². The number of carbonyl (C=O) groups excluding carboxylic acids is 1. The fourth-order valence-corrected chi connectivity index (χ4v) is 3.09. The number of likely N-dealkylation sites (tertiary alicyclic amines) is 1. The Morgan fingerprint density at radius 1 is 1.38 bits per heavy atom. The van der Waals surface area contributed by atoms with Gasteiger partial charge in [0, 0.05) is 19.3 Å². The molecule has 0 bridgehead atoms. The van der Waals surface area contributed by atoms with Crippen LogP contribution < -0.4 is 5.32 Å². The van der Waals surface area contributed by atoms with E-state index in [9.17, 15) is 18.0 Å². The number of nitrogens with zero attached hydrogens (tertiary/aromatic N) is 1. The number of carboxylic acid groups (broad SMARTS) is 1. The predicted octanol–water partition coefficient (Wildman–Crippen LogP) is 0.706. The summed E-state index contributed by atoms with van der Waals surface area (Å²) in [6.45, 7) is 5.28. The van der Waals surface area contributed by atoms with Crippen LogP contribution in [0.25, 0.3) is 0 Å². The van der Waals surface area contributed by atoms with Gasteiger partial charge in [-0.3, -0.25) is 0 Å². The minimum atomic E-state index is -3.26. The van der Waals surface area contributed by atoms with Crippen molar-refractivity contribution in [2.45, 2.75) is 39.2 Å². The van der Waals surface area contributed by atoms with Crippen LogP contribution in [0.15, 0.2) is 0 Å². The summed E-state index contributed by atoms with van der Waals surface area (Å²) >= 11 is 0. The van der Waals surface area contributed by atoms with Crippen LogP contribution in [-0.4, -0.2) is 61.6 Å². The van der Waals surface area contributed by atoms with Crippen LogP contribution in [0.2, 0.25) is 0 Å². The van der Waals surface area contributed by atoms with Crippen molar-refractivity contribution in [1.29, 1.82) is 0 Å². The first-order valence-electron chi connectivity index (χ1n) is 6.96. The fraction of sp³-hybridized carbons (Fsp3) is 0.846. The van der Waals surface area contributed by atoms with Crippen LogP contribution in [0.4, 0.5) is 4.79 Å². The largest absolute Gasteiger partial charge is 0.480 e. The van der Waals surface area contributed by atoms with Crippen molar-refractivity contribution >= 4 is 21.8 Å². The molecule has 0 aromatic heterocycles. The van der Waals surface area contributed by atoms with Crippen molar-refractivity contribution in [2.24, 2.45) is 5.41 Å². The van der Waals surface area contributed by atoms with Gasteiger partial charge >= 0.3 is 12.0 Å². The number of piperidine rings is 1. The average Bonchev–Trinajstić information content (AvgIpc) is 2.31. The third-order valence-corrected chi connectivity index (χ3v) is 4.54. The number of carboxylic acids is 1. The standard InChI is InChI=1S/C13H24N2O5S/c1-13(2)6-4-7-15(9-13)12(18)14-10(11(16)17)5-8-21(3,19)20/h10H,4-9H2,1-3H3,(H,14,18)(H,16,17). The molecule has 2 N–H and O–H groups in total. The molecule has 8 heteroatoms. The third-order valence-electron chi connectivity index (χ3n) is 3.56. The highest BCUT2D eigenvalue weighted by Gasteiger charge is 2.31. The fourth-order valence-electron chi connectivity index (χ4n) is 2.43. The first kappa shape index (κ1) is 17.7. The molecule has 0 aromatic rings. The van der Waals surface area contributed by atoms with E-state index in [2.05, 4.69) is 19.2 Å². The molecule has 1 aliphatic rings. The molecule has 1 unspecified atom stereocenters. The molecule has 122 valence electrons. The Balaban J connectivity index is 2.62. The average molecular weight is 320 g/mol. The van der Waals surface area contributed by atoms with Crippen LogP contribution in [0.3, 0.4) is 0 Å². The minimum absolute atomic E-state index is 0.0149. The molecule has 2 amide bonds. The molecule has 0 saturated carbocycles. The number of amides is 2. The van der Waals surface area contributed by atoms with Crippen molar-refractivity contribution in [2.75, 3.05) is 25.1 Å². The Morgan fingerprint density at radius 3 is 2.48 bits per heavy atom. The summed E-state index contributed by atoms with van der Waals surface area (Å²) in [6.07, 6.45) is 2.81. The highest BCUT2D eigenvalue weighted by atomic mass is 32.2. The van der Waals surface area contributed by atoms with Gasteiger partial charge in [0.1, 0.15) is 15.9 Å². The van der Waals surface area contributed by atoms with E-state index in [4.69, 9.17) is 5.11 Å². The van der Waals surface area contributed by atoms with Crippen LogP contribution >= 0.6 is 0 Å². The molecule has 0 spiro atoms. The van der Waals surface area contributed by atoms with Gasteiger partial charge in [-0.25, -0.2) is 18.0 Å². The Morgan fingerprint density at radius 2 is 2.00 bits per heavy atom. The monoisotopic (exact) mass is 320 g/mol. The van der Waals surface area contributed by atoms with Gasteiger partial charge in [0.15, 0.2) is 0 Å². The summed E-state index contributed by atoms with van der Waals surface area (Å²) in [4.78, 5) is 24.9. The van der Waals surface area contributed by atoms with Crippen LogP contribution in [0, 0.1) is 5.41 Å². The molecule has 7 nitrogen and oxygen atoms in total. The molecule has 21 heavy (non-hydrogen) atoms. The summed E-state index contributed by atoms with van der Waals surface area (Å²) in [6, 6.07) is -1.62. The smallest absolute Gasteiger partial charge is 0.326 e. The molecule has 1 saturated heterocycles. The van der Waals surface area contributed by atoms with Crippen molar-refractivity contribution in [3.8, 4) is 0 Å². The van der Waals surface area contributed by atoms with Crippen molar-refractivity contribution in [3.63, 3.8) is 0 Å². The van der Waals surface area contributed by atoms with E-state index in [1.54, 1.807) is 4.90 Å². The number of hydrogen-bond donors (Lipinski definition) is 2. The van der Waals surface area contributed by atoms with Gasteiger partial charge in [0.25, 0.3) is 0 Å². The van der Waals surface area contributed by atoms with Crippen molar-refractivity contribution in [3.05, 3.63) is 0 Å². The van der Waals surface area contributed by atoms with Gasteiger partial charge in [-0.2, -0.15) is 0 Å². The molecular weight excluding hydrogens is 296 g/mol. The summed E-state index contributed by atoms with van der Waals surface area (Å²) < 4.78 is 22.2. The van der Waals surface area contributed by atoms with Gasteiger partial charge in [0.05, 0.1) is 5.75 Å². The molecule has 1 fully saturated rings. The first-order chi connectivity index (χ1) is 9.50. The maximum Gasteiger partial charge on any atom is 0.326 e. The topological polar surface area (TPSA) is 104 Å². The number of hydrogen-bond acceptors (Lipinski definition) is 4. The highest BCUT2D eigenvalue weighted by molar-refractivity contribution is 7.90. The molecular formula is C13H24N2O5S. The lowest BCUT2D eigenvalue weighted by Gasteiger charge is -2.38. The molecule has 0 aromatic carbocycles. The second kappa shape index (κ2) is 6.64. The van der Waals surface area contributed by atoms with E-state index in [1.165, 1.54) is 0 Å². The Kier molecular flexibility index (Phi) is 5.61. The number of rotatable bonds is 5. The zero-order chi connectivity index (χ0) is 16.3. The number of aliphatic carboxylic acids is 1. The SMILES string of the molecule is CC1(C)CCCN(C(=O)NC(CCS(C)(=O)=O)C(=O)O)C1. The number of sulfone groups is 1. The normalized spacial score (nSPS) is 19.9.